The summed E-state index contributed by atoms with van der Waals surface area (Å²) in [5.41, 5.74) is 1.19. The summed E-state index contributed by atoms with van der Waals surface area (Å²) < 4.78 is 5.72. The Labute approximate surface area is 110 Å². The highest BCUT2D eigenvalue weighted by atomic mass is 16.5. The molecular formula is C15H23NO2. The number of carbonyl (C=O) groups excluding carboxylic acids is 1. The number of hydrogen-bond donors (Lipinski definition) is 1. The zero-order valence-corrected chi connectivity index (χ0v) is 11.3. The molecule has 1 aromatic carbocycles. The van der Waals surface area contributed by atoms with E-state index in [0.717, 1.165) is 12.8 Å². The average Bonchev–Trinajstić information content (AvgIpc) is 2.39. The van der Waals surface area contributed by atoms with Gasteiger partial charge in [-0.25, -0.2) is 0 Å². The molecule has 1 amide bonds. The van der Waals surface area contributed by atoms with Gasteiger partial charge in [0.15, 0.2) is 0 Å². The summed E-state index contributed by atoms with van der Waals surface area (Å²) in [5, 5.41) is 2.88. The van der Waals surface area contributed by atoms with Gasteiger partial charge in [0, 0.05) is 19.6 Å². The summed E-state index contributed by atoms with van der Waals surface area (Å²) in [6, 6.07) is 10.2. The first-order valence-corrected chi connectivity index (χ1v) is 6.67. The summed E-state index contributed by atoms with van der Waals surface area (Å²) >= 11 is 0. The van der Waals surface area contributed by atoms with Gasteiger partial charge in [0.25, 0.3) is 0 Å². The molecule has 0 bridgehead atoms. The van der Waals surface area contributed by atoms with Crippen molar-refractivity contribution in [2.24, 2.45) is 0 Å². The van der Waals surface area contributed by atoms with E-state index < -0.39 is 0 Å². The van der Waals surface area contributed by atoms with E-state index in [-0.39, 0.29) is 12.0 Å². The Bertz CT molecular complexity index is 338. The average molecular weight is 249 g/mol. The Morgan fingerprint density at radius 1 is 1.33 bits per heavy atom. The van der Waals surface area contributed by atoms with Crippen molar-refractivity contribution in [1.82, 2.24) is 5.32 Å². The van der Waals surface area contributed by atoms with Crippen LogP contribution in [0.1, 0.15) is 44.8 Å². The molecule has 3 nitrogen and oxygen atoms in total. The van der Waals surface area contributed by atoms with E-state index in [1.54, 1.807) is 0 Å². The van der Waals surface area contributed by atoms with Crippen LogP contribution >= 0.6 is 0 Å². The summed E-state index contributed by atoms with van der Waals surface area (Å²) in [6.45, 7) is 5.41. The summed E-state index contributed by atoms with van der Waals surface area (Å²) in [4.78, 5) is 11.2. The maximum atomic E-state index is 11.2. The number of nitrogens with one attached hydrogen (secondary N) is 1. The summed E-state index contributed by atoms with van der Waals surface area (Å²) in [5.74, 6) is 0.133. The number of rotatable bonds is 8. The predicted octanol–water partition coefficient (Wildman–Crippen LogP) is 3.07. The van der Waals surface area contributed by atoms with E-state index in [0.29, 0.717) is 19.6 Å². The van der Waals surface area contributed by atoms with Gasteiger partial charge in [0.2, 0.25) is 5.91 Å². The van der Waals surface area contributed by atoms with E-state index in [4.69, 9.17) is 4.74 Å². The van der Waals surface area contributed by atoms with Crippen LogP contribution in [-0.4, -0.2) is 19.1 Å². The molecule has 0 aliphatic carbocycles. The lowest BCUT2D eigenvalue weighted by molar-refractivity contribution is -0.121. The van der Waals surface area contributed by atoms with Gasteiger partial charge < -0.3 is 10.1 Å². The standard InChI is InChI=1S/C15H23NO2/c1-3-8-15(17)16-11-7-12-18-13(2)14-9-5-4-6-10-14/h4-6,9-10,13H,3,7-8,11-12H2,1-2H3,(H,16,17). The predicted molar refractivity (Wildman–Crippen MR) is 73.3 cm³/mol. The van der Waals surface area contributed by atoms with Gasteiger partial charge in [-0.3, -0.25) is 4.79 Å². The summed E-state index contributed by atoms with van der Waals surface area (Å²) in [7, 11) is 0. The molecule has 100 valence electrons. The minimum absolute atomic E-state index is 0.109. The van der Waals surface area contributed by atoms with Crippen molar-refractivity contribution < 1.29 is 9.53 Å². The monoisotopic (exact) mass is 249 g/mol. The Morgan fingerprint density at radius 2 is 2.06 bits per heavy atom. The molecule has 0 saturated carbocycles. The lowest BCUT2D eigenvalue weighted by Crippen LogP contribution is -2.24. The zero-order valence-electron chi connectivity index (χ0n) is 11.3. The van der Waals surface area contributed by atoms with Crippen molar-refractivity contribution in [3.63, 3.8) is 0 Å². The van der Waals surface area contributed by atoms with Gasteiger partial charge in [-0.05, 0) is 25.3 Å². The normalized spacial score (nSPS) is 12.1. The van der Waals surface area contributed by atoms with Crippen LogP contribution < -0.4 is 5.32 Å². The van der Waals surface area contributed by atoms with Crippen LogP contribution in [0.5, 0.6) is 0 Å². The summed E-state index contributed by atoms with van der Waals surface area (Å²) in [6.07, 6.45) is 2.47. The molecule has 3 heteroatoms. The second-order valence-electron chi connectivity index (χ2n) is 4.38. The van der Waals surface area contributed by atoms with Gasteiger partial charge in [-0.15, -0.1) is 0 Å². The minimum Gasteiger partial charge on any atom is -0.374 e. The van der Waals surface area contributed by atoms with Crippen LogP contribution in [0.25, 0.3) is 0 Å². The lowest BCUT2D eigenvalue weighted by atomic mass is 10.1. The maximum absolute atomic E-state index is 11.2. The molecule has 0 aliphatic heterocycles. The van der Waals surface area contributed by atoms with Crippen molar-refractivity contribution in [3.8, 4) is 0 Å². The third-order valence-electron chi connectivity index (χ3n) is 2.76. The molecule has 1 atom stereocenters. The van der Waals surface area contributed by atoms with E-state index >= 15 is 0 Å². The molecule has 1 unspecified atom stereocenters. The van der Waals surface area contributed by atoms with Crippen LogP contribution in [0.2, 0.25) is 0 Å². The van der Waals surface area contributed by atoms with E-state index in [1.165, 1.54) is 5.56 Å². The van der Waals surface area contributed by atoms with Crippen molar-refractivity contribution in [3.05, 3.63) is 35.9 Å². The molecule has 0 spiro atoms. The highest BCUT2D eigenvalue weighted by Crippen LogP contribution is 2.15. The number of benzene rings is 1. The van der Waals surface area contributed by atoms with Crippen LogP contribution in [0.4, 0.5) is 0 Å². The van der Waals surface area contributed by atoms with Gasteiger partial charge in [-0.2, -0.15) is 0 Å². The van der Waals surface area contributed by atoms with E-state index in [9.17, 15) is 4.79 Å². The van der Waals surface area contributed by atoms with E-state index in [1.807, 2.05) is 32.0 Å². The van der Waals surface area contributed by atoms with Crippen LogP contribution in [0.3, 0.4) is 0 Å². The topological polar surface area (TPSA) is 38.3 Å². The number of carbonyl (C=O) groups is 1. The van der Waals surface area contributed by atoms with Gasteiger partial charge in [0.05, 0.1) is 6.10 Å². The van der Waals surface area contributed by atoms with Crippen molar-refractivity contribution in [2.75, 3.05) is 13.2 Å². The SMILES string of the molecule is CCCC(=O)NCCCOC(C)c1ccccc1. The number of ether oxygens (including phenoxy) is 1. The number of amides is 1. The molecule has 0 saturated heterocycles. The second-order valence-corrected chi connectivity index (χ2v) is 4.38. The molecule has 1 aromatic rings. The molecule has 0 aliphatic rings. The second kappa shape index (κ2) is 8.70. The highest BCUT2D eigenvalue weighted by Gasteiger charge is 2.04. The molecule has 1 rings (SSSR count). The Balaban J connectivity index is 2.09. The lowest BCUT2D eigenvalue weighted by Gasteiger charge is -2.13. The molecular weight excluding hydrogens is 226 g/mol. The third-order valence-corrected chi connectivity index (χ3v) is 2.76. The van der Waals surface area contributed by atoms with Gasteiger partial charge in [-0.1, -0.05) is 37.3 Å². The molecule has 0 aromatic heterocycles. The molecule has 18 heavy (non-hydrogen) atoms. The maximum Gasteiger partial charge on any atom is 0.219 e. The van der Waals surface area contributed by atoms with Gasteiger partial charge in [0.1, 0.15) is 0 Å². The van der Waals surface area contributed by atoms with Crippen molar-refractivity contribution >= 4 is 5.91 Å². The molecule has 0 heterocycles. The molecule has 0 fully saturated rings. The van der Waals surface area contributed by atoms with Crippen LogP contribution in [0.15, 0.2) is 30.3 Å². The van der Waals surface area contributed by atoms with Crippen molar-refractivity contribution in [2.45, 2.75) is 39.2 Å². The fourth-order valence-corrected chi connectivity index (χ4v) is 1.70. The fraction of sp³-hybridized carbons (Fsp3) is 0.533. The molecule has 1 N–H and O–H groups in total. The smallest absolute Gasteiger partial charge is 0.219 e. The van der Waals surface area contributed by atoms with Crippen molar-refractivity contribution in [1.29, 1.82) is 0 Å². The largest absolute Gasteiger partial charge is 0.374 e. The van der Waals surface area contributed by atoms with Crippen LogP contribution in [-0.2, 0) is 9.53 Å². The number of hydrogen-bond acceptors (Lipinski definition) is 2. The zero-order chi connectivity index (χ0) is 13.2. The highest BCUT2D eigenvalue weighted by molar-refractivity contribution is 5.75. The minimum atomic E-state index is 0.109. The first-order valence-electron chi connectivity index (χ1n) is 6.67. The fourth-order valence-electron chi connectivity index (χ4n) is 1.70. The Morgan fingerprint density at radius 3 is 2.72 bits per heavy atom. The van der Waals surface area contributed by atoms with Crippen LogP contribution in [0, 0.1) is 0 Å². The molecule has 0 radical (unpaired) electrons. The van der Waals surface area contributed by atoms with Gasteiger partial charge >= 0.3 is 0 Å². The quantitative estimate of drug-likeness (QED) is 0.719. The van der Waals surface area contributed by atoms with E-state index in [2.05, 4.69) is 17.4 Å². The first-order chi connectivity index (χ1) is 8.74. The first kappa shape index (κ1) is 14.7. The third kappa shape index (κ3) is 5.82. The Kier molecular flexibility index (Phi) is 7.11. The Hall–Kier alpha value is -1.35.